The normalized spacial score (nSPS) is 10.4. The van der Waals surface area contributed by atoms with Crippen LogP contribution in [0.3, 0.4) is 0 Å². The maximum atomic E-state index is 11.9. The molecule has 0 radical (unpaired) electrons. The molecule has 0 fully saturated rings. The zero-order valence-corrected chi connectivity index (χ0v) is 16.0. The fourth-order valence-corrected chi connectivity index (χ4v) is 2.28. The third-order valence-electron chi connectivity index (χ3n) is 3.59. The summed E-state index contributed by atoms with van der Waals surface area (Å²) in [6.07, 6.45) is 1.10. The van der Waals surface area contributed by atoms with Gasteiger partial charge in [-0.15, -0.1) is 0 Å². The minimum absolute atomic E-state index is 0.351. The number of methoxy groups -OCH3 is 2. The minimum Gasteiger partial charge on any atom is -0.497 e. The fraction of sp³-hybridized carbons (Fsp3) is 0.250. The van der Waals surface area contributed by atoms with Crippen LogP contribution in [0.15, 0.2) is 47.6 Å². The number of ether oxygens (including phenoxy) is 3. The number of nitrogens with zero attached hydrogens (tertiary/aromatic N) is 1. The molecule has 8 heteroatoms. The van der Waals surface area contributed by atoms with Gasteiger partial charge in [0, 0.05) is 5.69 Å². The van der Waals surface area contributed by atoms with Gasteiger partial charge >= 0.3 is 0 Å². The van der Waals surface area contributed by atoms with Gasteiger partial charge in [-0.2, -0.15) is 5.10 Å². The van der Waals surface area contributed by atoms with Crippen molar-refractivity contribution in [3.8, 4) is 17.2 Å². The summed E-state index contributed by atoms with van der Waals surface area (Å²) in [4.78, 5) is 23.8. The second-order valence-corrected chi connectivity index (χ2v) is 5.59. The van der Waals surface area contributed by atoms with E-state index in [-0.39, 0.29) is 6.42 Å². The first-order valence-corrected chi connectivity index (χ1v) is 8.62. The number of hydrazone groups is 1. The molecule has 0 saturated heterocycles. The molecule has 2 aromatic rings. The molecule has 2 aromatic carbocycles. The summed E-state index contributed by atoms with van der Waals surface area (Å²) in [5.74, 6) is 0.897. The molecule has 28 heavy (non-hydrogen) atoms. The van der Waals surface area contributed by atoms with Gasteiger partial charge < -0.3 is 19.5 Å². The van der Waals surface area contributed by atoms with Crippen LogP contribution in [0.25, 0.3) is 0 Å². The van der Waals surface area contributed by atoms with Gasteiger partial charge in [0.05, 0.1) is 27.0 Å². The summed E-state index contributed by atoms with van der Waals surface area (Å²) in [6, 6.07) is 12.1. The van der Waals surface area contributed by atoms with Crippen molar-refractivity contribution < 1.29 is 23.8 Å². The van der Waals surface area contributed by atoms with E-state index in [4.69, 9.17) is 14.2 Å². The summed E-state index contributed by atoms with van der Waals surface area (Å²) >= 11 is 0. The number of benzene rings is 2. The molecular formula is C20H23N3O5. The number of nitrogens with one attached hydrogen (secondary N) is 2. The molecule has 0 aromatic heterocycles. The van der Waals surface area contributed by atoms with Crippen LogP contribution >= 0.6 is 0 Å². The van der Waals surface area contributed by atoms with E-state index in [1.165, 1.54) is 6.21 Å². The van der Waals surface area contributed by atoms with Gasteiger partial charge in [-0.3, -0.25) is 9.59 Å². The zero-order valence-electron chi connectivity index (χ0n) is 16.0. The van der Waals surface area contributed by atoms with Gasteiger partial charge in [0.25, 0.3) is 0 Å². The molecule has 0 bridgehead atoms. The molecular weight excluding hydrogens is 362 g/mol. The largest absolute Gasteiger partial charge is 0.497 e. The second-order valence-electron chi connectivity index (χ2n) is 5.59. The molecule has 2 N–H and O–H groups in total. The average molecular weight is 385 g/mol. The molecule has 0 aliphatic carbocycles. The predicted octanol–water partition coefficient (Wildman–Crippen LogP) is 2.58. The van der Waals surface area contributed by atoms with E-state index in [0.29, 0.717) is 35.1 Å². The lowest BCUT2D eigenvalue weighted by Gasteiger charge is -2.09. The molecule has 8 nitrogen and oxygen atoms in total. The average Bonchev–Trinajstić information content (AvgIpc) is 2.69. The van der Waals surface area contributed by atoms with Crippen molar-refractivity contribution in [1.29, 1.82) is 0 Å². The van der Waals surface area contributed by atoms with Crippen molar-refractivity contribution >= 4 is 23.7 Å². The summed E-state index contributed by atoms with van der Waals surface area (Å²) in [6.45, 7) is 2.41. The Morgan fingerprint density at radius 1 is 1.00 bits per heavy atom. The van der Waals surface area contributed by atoms with Gasteiger partial charge in [0.2, 0.25) is 11.8 Å². The lowest BCUT2D eigenvalue weighted by Crippen LogP contribution is -2.24. The Balaban J connectivity index is 1.84. The number of anilines is 1. The van der Waals surface area contributed by atoms with E-state index in [0.717, 1.165) is 0 Å². The Bertz CT molecular complexity index is 834. The smallest absolute Gasteiger partial charge is 0.249 e. The highest BCUT2D eigenvalue weighted by atomic mass is 16.5. The van der Waals surface area contributed by atoms with Crippen molar-refractivity contribution in [1.82, 2.24) is 5.43 Å². The first-order chi connectivity index (χ1) is 13.5. The number of rotatable bonds is 9. The number of hydrogen-bond acceptors (Lipinski definition) is 6. The van der Waals surface area contributed by atoms with E-state index in [1.54, 1.807) is 56.7 Å². The SMILES string of the molecule is CCOc1ccc(C=NNC(=O)CC(=O)Nc2ccc(OC)cc2)cc1OC. The van der Waals surface area contributed by atoms with Crippen LogP contribution in [-0.4, -0.2) is 38.9 Å². The zero-order chi connectivity index (χ0) is 20.4. The third-order valence-corrected chi connectivity index (χ3v) is 3.59. The molecule has 0 atom stereocenters. The summed E-state index contributed by atoms with van der Waals surface area (Å²) < 4.78 is 15.7. The molecule has 0 unspecified atom stereocenters. The molecule has 0 saturated carbocycles. The van der Waals surface area contributed by atoms with Gasteiger partial charge in [-0.25, -0.2) is 5.43 Å². The first-order valence-electron chi connectivity index (χ1n) is 8.62. The lowest BCUT2D eigenvalue weighted by molar-refractivity contribution is -0.126. The number of carbonyl (C=O) groups excluding carboxylic acids is 2. The van der Waals surface area contributed by atoms with Gasteiger partial charge in [-0.1, -0.05) is 0 Å². The maximum absolute atomic E-state index is 11.9. The molecule has 148 valence electrons. The van der Waals surface area contributed by atoms with Gasteiger partial charge in [-0.05, 0) is 55.0 Å². The molecule has 0 aliphatic rings. The number of amides is 2. The Kier molecular flexibility index (Phi) is 7.83. The minimum atomic E-state index is -0.528. The van der Waals surface area contributed by atoms with Gasteiger partial charge in [0.1, 0.15) is 12.2 Å². The van der Waals surface area contributed by atoms with Crippen molar-refractivity contribution in [2.75, 3.05) is 26.1 Å². The summed E-state index contributed by atoms with van der Waals surface area (Å²) in [7, 11) is 3.10. The van der Waals surface area contributed by atoms with Crippen LogP contribution in [0, 0.1) is 0 Å². The van der Waals surface area contributed by atoms with Crippen molar-refractivity contribution in [3.63, 3.8) is 0 Å². The quantitative estimate of drug-likeness (QED) is 0.393. The number of carbonyl (C=O) groups is 2. The van der Waals surface area contributed by atoms with Crippen molar-refractivity contribution in [3.05, 3.63) is 48.0 Å². The van der Waals surface area contributed by atoms with Gasteiger partial charge in [0.15, 0.2) is 11.5 Å². The Morgan fingerprint density at radius 2 is 1.75 bits per heavy atom. The van der Waals surface area contributed by atoms with Crippen LogP contribution in [0.2, 0.25) is 0 Å². The van der Waals surface area contributed by atoms with Crippen LogP contribution in [-0.2, 0) is 9.59 Å². The monoisotopic (exact) mass is 385 g/mol. The summed E-state index contributed by atoms with van der Waals surface area (Å²) in [5, 5.41) is 6.49. The fourth-order valence-electron chi connectivity index (χ4n) is 2.28. The highest BCUT2D eigenvalue weighted by molar-refractivity contribution is 6.03. The summed E-state index contributed by atoms with van der Waals surface area (Å²) in [5.41, 5.74) is 3.61. The van der Waals surface area contributed by atoms with E-state index in [9.17, 15) is 9.59 Å². The van der Waals surface area contributed by atoms with Crippen LogP contribution < -0.4 is 25.0 Å². The second kappa shape index (κ2) is 10.6. The number of hydrogen-bond donors (Lipinski definition) is 2. The molecule has 0 aliphatic heterocycles. The Morgan fingerprint density at radius 3 is 2.39 bits per heavy atom. The van der Waals surface area contributed by atoms with E-state index in [1.807, 2.05) is 6.92 Å². The van der Waals surface area contributed by atoms with Crippen molar-refractivity contribution in [2.24, 2.45) is 5.10 Å². The first kappa shape index (κ1) is 20.8. The molecule has 0 heterocycles. The highest BCUT2D eigenvalue weighted by Crippen LogP contribution is 2.27. The Hall–Kier alpha value is -3.55. The van der Waals surface area contributed by atoms with Crippen LogP contribution in [0.4, 0.5) is 5.69 Å². The van der Waals surface area contributed by atoms with Crippen molar-refractivity contribution in [2.45, 2.75) is 13.3 Å². The van der Waals surface area contributed by atoms with E-state index >= 15 is 0 Å². The van der Waals surface area contributed by atoms with Crippen LogP contribution in [0.5, 0.6) is 17.2 Å². The molecule has 2 amide bonds. The Labute approximate surface area is 163 Å². The highest BCUT2D eigenvalue weighted by Gasteiger charge is 2.09. The topological polar surface area (TPSA) is 98.2 Å². The van der Waals surface area contributed by atoms with E-state index in [2.05, 4.69) is 15.8 Å². The predicted molar refractivity (Wildman–Crippen MR) is 106 cm³/mol. The standard InChI is InChI=1S/C20H23N3O5/c1-4-28-17-10-5-14(11-18(17)27-3)13-21-23-20(25)12-19(24)22-15-6-8-16(26-2)9-7-15/h5-11,13H,4,12H2,1-3H3,(H,22,24)(H,23,25). The lowest BCUT2D eigenvalue weighted by atomic mass is 10.2. The maximum Gasteiger partial charge on any atom is 0.249 e. The van der Waals surface area contributed by atoms with Crippen LogP contribution in [0.1, 0.15) is 18.9 Å². The van der Waals surface area contributed by atoms with E-state index < -0.39 is 11.8 Å². The molecule has 0 spiro atoms. The molecule has 2 rings (SSSR count). The third kappa shape index (κ3) is 6.31.